The number of nitrogens with one attached hydrogen (secondary N) is 2. The van der Waals surface area contributed by atoms with Gasteiger partial charge in [0.2, 0.25) is 12.7 Å². The van der Waals surface area contributed by atoms with E-state index in [1.54, 1.807) is 42.5 Å². The van der Waals surface area contributed by atoms with Crippen LogP contribution in [0.5, 0.6) is 11.5 Å². The summed E-state index contributed by atoms with van der Waals surface area (Å²) in [4.78, 5) is 24.7. The van der Waals surface area contributed by atoms with E-state index in [1.807, 2.05) is 11.5 Å². The maximum absolute atomic E-state index is 12.5. The van der Waals surface area contributed by atoms with Gasteiger partial charge in [0.05, 0.1) is 12.3 Å². The van der Waals surface area contributed by atoms with Gasteiger partial charge in [0.1, 0.15) is 0 Å². The van der Waals surface area contributed by atoms with Crippen molar-refractivity contribution in [3.63, 3.8) is 0 Å². The molecule has 0 spiro atoms. The van der Waals surface area contributed by atoms with Crippen LogP contribution in [0.15, 0.2) is 47.6 Å². The molecule has 1 aliphatic heterocycles. The van der Waals surface area contributed by atoms with Gasteiger partial charge in [-0.2, -0.15) is 0 Å². The Morgan fingerprint density at radius 2 is 1.91 bits per heavy atom. The second-order valence-electron chi connectivity index (χ2n) is 6.74. The second-order valence-corrected chi connectivity index (χ2v) is 8.12. The maximum atomic E-state index is 12.5. The van der Waals surface area contributed by atoms with Crippen LogP contribution in [0.4, 0.5) is 5.69 Å². The van der Waals surface area contributed by atoms with E-state index in [1.165, 1.54) is 11.8 Å². The lowest BCUT2D eigenvalue weighted by Gasteiger charge is -2.09. The van der Waals surface area contributed by atoms with Crippen molar-refractivity contribution in [2.75, 3.05) is 17.9 Å². The van der Waals surface area contributed by atoms with Crippen molar-refractivity contribution in [1.29, 1.82) is 0 Å². The molecule has 0 atom stereocenters. The molecule has 2 heterocycles. The Bertz CT molecular complexity index is 1140. The zero-order chi connectivity index (χ0) is 22.5. The van der Waals surface area contributed by atoms with Crippen molar-refractivity contribution in [3.05, 3.63) is 58.9 Å². The first-order chi connectivity index (χ1) is 15.5. The Labute approximate surface area is 193 Å². The van der Waals surface area contributed by atoms with Gasteiger partial charge < -0.3 is 24.7 Å². The highest BCUT2D eigenvalue weighted by Crippen LogP contribution is 2.32. The van der Waals surface area contributed by atoms with Gasteiger partial charge in [-0.25, -0.2) is 0 Å². The van der Waals surface area contributed by atoms with Gasteiger partial charge in [0.15, 0.2) is 22.5 Å². The smallest absolute Gasteiger partial charge is 0.251 e. The number of fused-ring (bicyclic) bond motifs is 1. The molecular weight excluding hydrogens is 454 g/mol. The average Bonchev–Trinajstić information content (AvgIpc) is 3.43. The molecule has 0 unspecified atom stereocenters. The Hall–Kier alpha value is -3.24. The van der Waals surface area contributed by atoms with Gasteiger partial charge in [-0.15, -0.1) is 10.2 Å². The first-order valence-corrected chi connectivity index (χ1v) is 11.2. The van der Waals surface area contributed by atoms with Crippen LogP contribution in [0, 0.1) is 0 Å². The predicted molar refractivity (Wildman–Crippen MR) is 120 cm³/mol. The van der Waals surface area contributed by atoms with Gasteiger partial charge in [-0.1, -0.05) is 23.4 Å². The number of amides is 2. The molecular formula is C21H20ClN5O4S. The first kappa shape index (κ1) is 22.0. The van der Waals surface area contributed by atoms with Gasteiger partial charge in [0, 0.05) is 22.8 Å². The molecule has 0 saturated carbocycles. The number of rotatable bonds is 8. The van der Waals surface area contributed by atoms with E-state index in [0.717, 1.165) is 0 Å². The van der Waals surface area contributed by atoms with Gasteiger partial charge >= 0.3 is 0 Å². The van der Waals surface area contributed by atoms with Gasteiger partial charge in [-0.05, 0) is 49.4 Å². The zero-order valence-electron chi connectivity index (χ0n) is 17.1. The van der Waals surface area contributed by atoms with Crippen LogP contribution in [0.25, 0.3) is 0 Å². The summed E-state index contributed by atoms with van der Waals surface area (Å²) in [6, 6.07) is 11.9. The number of thioether (sulfide) groups is 1. The Kier molecular flexibility index (Phi) is 6.81. The van der Waals surface area contributed by atoms with E-state index in [-0.39, 0.29) is 30.9 Å². The van der Waals surface area contributed by atoms with Crippen molar-refractivity contribution >= 4 is 40.9 Å². The fourth-order valence-corrected chi connectivity index (χ4v) is 3.98. The Morgan fingerprint density at radius 3 is 2.69 bits per heavy atom. The minimum Gasteiger partial charge on any atom is -0.454 e. The average molecular weight is 474 g/mol. The van der Waals surface area contributed by atoms with Crippen molar-refractivity contribution in [2.45, 2.75) is 25.2 Å². The molecule has 11 heteroatoms. The van der Waals surface area contributed by atoms with E-state index in [9.17, 15) is 9.59 Å². The molecule has 32 heavy (non-hydrogen) atoms. The SMILES string of the molecule is CCn1c(CNC(=O)c2ccc3c(c2)OCO3)nnc1SCC(=O)Nc1ccc(Cl)cc1. The van der Waals surface area contributed by atoms with E-state index < -0.39 is 0 Å². The molecule has 1 aliphatic rings. The highest BCUT2D eigenvalue weighted by molar-refractivity contribution is 7.99. The van der Waals surface area contributed by atoms with Crippen molar-refractivity contribution in [2.24, 2.45) is 0 Å². The third-order valence-corrected chi connectivity index (χ3v) is 5.83. The number of hydrogen-bond acceptors (Lipinski definition) is 7. The van der Waals surface area contributed by atoms with E-state index in [0.29, 0.717) is 45.3 Å². The minimum atomic E-state index is -0.259. The number of carbonyl (C=O) groups is 2. The predicted octanol–water partition coefficient (Wildman–Crippen LogP) is 3.34. The summed E-state index contributed by atoms with van der Waals surface area (Å²) in [5, 5.41) is 15.2. The summed E-state index contributed by atoms with van der Waals surface area (Å²) in [6.07, 6.45) is 0. The molecule has 2 aromatic carbocycles. The fourth-order valence-electron chi connectivity index (χ4n) is 3.03. The molecule has 0 fully saturated rings. The molecule has 166 valence electrons. The molecule has 0 saturated heterocycles. The van der Waals surface area contributed by atoms with Crippen LogP contribution in [0.3, 0.4) is 0 Å². The topological polar surface area (TPSA) is 107 Å². The third kappa shape index (κ3) is 5.14. The molecule has 0 bridgehead atoms. The lowest BCUT2D eigenvalue weighted by molar-refractivity contribution is -0.113. The van der Waals surface area contributed by atoms with E-state index >= 15 is 0 Å². The highest BCUT2D eigenvalue weighted by Gasteiger charge is 2.18. The largest absolute Gasteiger partial charge is 0.454 e. The minimum absolute atomic E-state index is 0.151. The highest BCUT2D eigenvalue weighted by atomic mass is 35.5. The number of benzene rings is 2. The third-order valence-electron chi connectivity index (χ3n) is 4.61. The van der Waals surface area contributed by atoms with E-state index in [2.05, 4.69) is 20.8 Å². The van der Waals surface area contributed by atoms with Crippen LogP contribution in [-0.4, -0.2) is 39.1 Å². The van der Waals surface area contributed by atoms with Crippen LogP contribution >= 0.6 is 23.4 Å². The summed E-state index contributed by atoms with van der Waals surface area (Å²) in [5.41, 5.74) is 1.13. The summed E-state index contributed by atoms with van der Waals surface area (Å²) in [7, 11) is 0. The van der Waals surface area contributed by atoms with Crippen molar-refractivity contribution < 1.29 is 19.1 Å². The molecule has 2 N–H and O–H groups in total. The monoisotopic (exact) mass is 473 g/mol. The van der Waals surface area contributed by atoms with E-state index in [4.69, 9.17) is 21.1 Å². The quantitative estimate of drug-likeness (QED) is 0.483. The molecule has 0 radical (unpaired) electrons. The number of carbonyl (C=O) groups excluding carboxylic acids is 2. The molecule has 4 rings (SSSR count). The lowest BCUT2D eigenvalue weighted by Crippen LogP contribution is -2.24. The molecule has 0 aliphatic carbocycles. The van der Waals surface area contributed by atoms with Crippen LogP contribution in [0.1, 0.15) is 23.1 Å². The summed E-state index contributed by atoms with van der Waals surface area (Å²) in [5.74, 6) is 1.51. The summed E-state index contributed by atoms with van der Waals surface area (Å²) >= 11 is 7.13. The lowest BCUT2D eigenvalue weighted by atomic mass is 10.2. The van der Waals surface area contributed by atoms with Gasteiger partial charge in [-0.3, -0.25) is 9.59 Å². The number of ether oxygens (including phenoxy) is 2. The molecule has 2 amide bonds. The number of nitrogens with zero attached hydrogens (tertiary/aromatic N) is 3. The summed E-state index contributed by atoms with van der Waals surface area (Å²) < 4.78 is 12.4. The number of aromatic nitrogens is 3. The van der Waals surface area contributed by atoms with Crippen LogP contribution in [-0.2, 0) is 17.9 Å². The maximum Gasteiger partial charge on any atom is 0.251 e. The molecule has 1 aromatic heterocycles. The Morgan fingerprint density at radius 1 is 1.12 bits per heavy atom. The zero-order valence-corrected chi connectivity index (χ0v) is 18.7. The van der Waals surface area contributed by atoms with Crippen LogP contribution < -0.4 is 20.1 Å². The first-order valence-electron chi connectivity index (χ1n) is 9.81. The number of anilines is 1. The Balaban J connectivity index is 1.32. The normalized spacial score (nSPS) is 11.9. The molecule has 3 aromatic rings. The fraction of sp³-hybridized carbons (Fsp3) is 0.238. The standard InChI is InChI=1S/C21H20ClN5O4S/c1-2-27-18(10-23-20(29)13-3-8-16-17(9-13)31-12-30-16)25-26-21(27)32-11-19(28)24-15-6-4-14(22)5-7-15/h3-9H,2,10-12H2,1H3,(H,23,29)(H,24,28). The summed E-state index contributed by atoms with van der Waals surface area (Å²) in [6.45, 7) is 2.90. The van der Waals surface area contributed by atoms with Gasteiger partial charge in [0.25, 0.3) is 5.91 Å². The van der Waals surface area contributed by atoms with Crippen molar-refractivity contribution in [3.8, 4) is 11.5 Å². The van der Waals surface area contributed by atoms with Crippen LogP contribution in [0.2, 0.25) is 5.02 Å². The number of hydrogen-bond donors (Lipinski definition) is 2. The second kappa shape index (κ2) is 9.92. The van der Waals surface area contributed by atoms with Crippen molar-refractivity contribution in [1.82, 2.24) is 20.1 Å². The molecule has 9 nitrogen and oxygen atoms in total. The number of halogens is 1.